The lowest BCUT2D eigenvalue weighted by Gasteiger charge is -2.22. The number of anilines is 1. The second-order valence-electron chi connectivity index (χ2n) is 8.44. The van der Waals surface area contributed by atoms with Crippen molar-refractivity contribution in [1.82, 2.24) is 0 Å². The van der Waals surface area contributed by atoms with E-state index in [9.17, 15) is 0 Å². The molecule has 0 aromatic heterocycles. The van der Waals surface area contributed by atoms with E-state index in [2.05, 4.69) is 105 Å². The number of para-hydroxylation sites is 1. The van der Waals surface area contributed by atoms with Crippen molar-refractivity contribution in [1.29, 1.82) is 5.26 Å². The van der Waals surface area contributed by atoms with Crippen LogP contribution >= 0.6 is 0 Å². The largest absolute Gasteiger partial charge is 0.550 e. The number of aliphatic carboxylic acids is 1. The Hall–Kier alpha value is -3.39. The second-order valence-corrected chi connectivity index (χ2v) is 8.44. The topological polar surface area (TPSA) is 70.2 Å². The molecule has 168 valence electrons. The molecule has 1 heterocycles. The number of hydrogen-bond donors (Lipinski definition) is 0. The van der Waals surface area contributed by atoms with Gasteiger partial charge in [-0.1, -0.05) is 24.3 Å². The van der Waals surface area contributed by atoms with E-state index < -0.39 is 5.97 Å². The number of rotatable bonds is 6. The van der Waals surface area contributed by atoms with Gasteiger partial charge in [0.25, 0.3) is 0 Å². The number of aryl methyl sites for hydroxylation is 1. The summed E-state index contributed by atoms with van der Waals surface area (Å²) in [5, 5.41) is 17.8. The standard InChI is InChI=1S/C25H30N3.C2H4O2/c1-6-28(17-9-16-26)21-14-12-19(2)20(18-21)13-15-24-25(3,4)22-10-7-8-11-23(22)27(24)5;1-2(3)4/h7-8,10-15,18H,6,9,17H2,1-5H3;1H3,(H,3,4)/q+1;/p-1. The van der Waals surface area contributed by atoms with Gasteiger partial charge >= 0.3 is 0 Å². The summed E-state index contributed by atoms with van der Waals surface area (Å²) in [5.74, 6) is -1.08. The number of fused-ring (bicyclic) bond motifs is 1. The zero-order valence-corrected chi connectivity index (χ0v) is 20.0. The van der Waals surface area contributed by atoms with E-state index in [0.29, 0.717) is 6.42 Å². The van der Waals surface area contributed by atoms with E-state index in [4.69, 9.17) is 15.2 Å². The van der Waals surface area contributed by atoms with Crippen molar-refractivity contribution < 1.29 is 14.5 Å². The third-order valence-electron chi connectivity index (χ3n) is 5.86. The number of benzene rings is 2. The van der Waals surface area contributed by atoms with Gasteiger partial charge in [-0.05, 0) is 64.0 Å². The number of carboxylic acid groups (broad SMARTS) is 1. The highest BCUT2D eigenvalue weighted by Gasteiger charge is 2.42. The Labute approximate surface area is 191 Å². The van der Waals surface area contributed by atoms with Gasteiger partial charge in [-0.15, -0.1) is 0 Å². The summed E-state index contributed by atoms with van der Waals surface area (Å²) >= 11 is 0. The molecular formula is C27H33N3O2. The summed E-state index contributed by atoms with van der Waals surface area (Å²) in [7, 11) is 2.15. The molecule has 0 aliphatic carbocycles. The zero-order chi connectivity index (χ0) is 23.9. The number of nitrogens with zero attached hydrogens (tertiary/aromatic N) is 3. The van der Waals surface area contributed by atoms with Gasteiger partial charge in [-0.25, -0.2) is 0 Å². The molecule has 2 aromatic rings. The summed E-state index contributed by atoms with van der Waals surface area (Å²) < 4.78 is 2.30. The lowest BCUT2D eigenvalue weighted by atomic mass is 9.81. The van der Waals surface area contributed by atoms with Gasteiger partial charge in [-0.3, -0.25) is 0 Å². The molecule has 0 saturated carbocycles. The van der Waals surface area contributed by atoms with E-state index in [1.54, 1.807) is 0 Å². The van der Waals surface area contributed by atoms with E-state index in [0.717, 1.165) is 20.0 Å². The molecule has 5 heteroatoms. The third kappa shape index (κ3) is 5.64. The molecule has 0 atom stereocenters. The Balaban J connectivity index is 0.000000837. The summed E-state index contributed by atoms with van der Waals surface area (Å²) in [6.45, 7) is 11.5. The van der Waals surface area contributed by atoms with Crippen LogP contribution in [-0.2, 0) is 10.2 Å². The van der Waals surface area contributed by atoms with Crippen LogP contribution in [0.1, 0.15) is 50.8 Å². The average molecular weight is 432 g/mol. The Kier molecular flexibility index (Phi) is 8.37. The highest BCUT2D eigenvalue weighted by atomic mass is 16.4. The highest BCUT2D eigenvalue weighted by molar-refractivity contribution is 6.05. The molecule has 5 nitrogen and oxygen atoms in total. The predicted octanol–water partition coefficient (Wildman–Crippen LogP) is 4.21. The van der Waals surface area contributed by atoms with Crippen LogP contribution in [0.5, 0.6) is 0 Å². The molecule has 0 fully saturated rings. The third-order valence-corrected chi connectivity index (χ3v) is 5.86. The van der Waals surface area contributed by atoms with Crippen LogP contribution in [0.15, 0.2) is 48.5 Å². The van der Waals surface area contributed by atoms with Gasteiger partial charge in [0.2, 0.25) is 5.69 Å². The first-order chi connectivity index (χ1) is 15.1. The summed E-state index contributed by atoms with van der Waals surface area (Å²) in [4.78, 5) is 11.1. The fourth-order valence-electron chi connectivity index (χ4n) is 4.13. The lowest BCUT2D eigenvalue weighted by molar-refractivity contribution is -0.401. The fourth-order valence-corrected chi connectivity index (χ4v) is 4.13. The molecule has 0 saturated heterocycles. The molecule has 0 unspecified atom stereocenters. The van der Waals surface area contributed by atoms with Gasteiger partial charge in [0.05, 0.1) is 17.9 Å². The summed E-state index contributed by atoms with van der Waals surface area (Å²) in [5.41, 5.74) is 7.59. The van der Waals surface area contributed by atoms with Crippen LogP contribution in [0.2, 0.25) is 0 Å². The van der Waals surface area contributed by atoms with Crippen molar-refractivity contribution in [3.63, 3.8) is 0 Å². The van der Waals surface area contributed by atoms with Gasteiger partial charge in [-0.2, -0.15) is 9.84 Å². The second kappa shape index (κ2) is 10.8. The van der Waals surface area contributed by atoms with Crippen LogP contribution in [0.25, 0.3) is 6.08 Å². The van der Waals surface area contributed by atoms with Gasteiger partial charge in [0.15, 0.2) is 5.71 Å². The molecule has 32 heavy (non-hydrogen) atoms. The first-order valence-electron chi connectivity index (χ1n) is 10.9. The normalized spacial score (nSPS) is 13.9. The molecule has 0 N–H and O–H groups in total. The number of carbonyl (C=O) groups excluding carboxylic acids is 1. The average Bonchev–Trinajstić information content (AvgIpc) is 2.94. The molecule has 2 aromatic carbocycles. The van der Waals surface area contributed by atoms with Crippen molar-refractivity contribution in [3.05, 3.63) is 65.2 Å². The maximum atomic E-state index is 8.91. The molecule has 1 aliphatic rings. The first kappa shape index (κ1) is 24.9. The predicted molar refractivity (Wildman–Crippen MR) is 129 cm³/mol. The maximum Gasteiger partial charge on any atom is 0.209 e. The molecule has 3 rings (SSSR count). The maximum absolute atomic E-state index is 8.91. The molecule has 0 radical (unpaired) electrons. The minimum Gasteiger partial charge on any atom is -0.550 e. The number of hydrogen-bond acceptors (Lipinski definition) is 4. The van der Waals surface area contributed by atoms with Crippen LogP contribution in [0.3, 0.4) is 0 Å². The quantitative estimate of drug-likeness (QED) is 0.643. The van der Waals surface area contributed by atoms with E-state index in [1.165, 1.54) is 33.8 Å². The van der Waals surface area contributed by atoms with E-state index in [1.807, 2.05) is 0 Å². The summed E-state index contributed by atoms with van der Waals surface area (Å²) in [6, 6.07) is 17.5. The minimum absolute atomic E-state index is 0.0182. The summed E-state index contributed by atoms with van der Waals surface area (Å²) in [6.07, 6.45) is 5.04. The zero-order valence-electron chi connectivity index (χ0n) is 20.0. The number of carbonyl (C=O) groups is 1. The Morgan fingerprint density at radius 1 is 1.22 bits per heavy atom. The number of allylic oxidation sites excluding steroid dienone is 1. The molecule has 0 spiro atoms. The molecule has 1 aliphatic heterocycles. The number of nitriles is 1. The van der Waals surface area contributed by atoms with Crippen molar-refractivity contribution in [2.24, 2.45) is 0 Å². The van der Waals surface area contributed by atoms with Crippen LogP contribution < -0.4 is 10.0 Å². The Morgan fingerprint density at radius 2 is 1.88 bits per heavy atom. The van der Waals surface area contributed by atoms with Crippen LogP contribution in [0.4, 0.5) is 11.4 Å². The van der Waals surface area contributed by atoms with Gasteiger partial charge < -0.3 is 14.8 Å². The fraction of sp³-hybridized carbons (Fsp3) is 0.370. The van der Waals surface area contributed by atoms with Crippen molar-refractivity contribution in [3.8, 4) is 6.07 Å². The molecule has 0 amide bonds. The van der Waals surface area contributed by atoms with Gasteiger partial charge in [0.1, 0.15) is 7.05 Å². The van der Waals surface area contributed by atoms with Crippen LogP contribution in [-0.4, -0.2) is 36.4 Å². The van der Waals surface area contributed by atoms with Crippen molar-refractivity contribution in [2.45, 2.75) is 46.5 Å². The van der Waals surface area contributed by atoms with Gasteiger partial charge in [0, 0.05) is 42.5 Å². The SMILES string of the molecule is CC(=O)[O-].CCN(CCC#N)c1ccc(C)c(C=CC2=[N+](C)c3ccccc3C2(C)C)c1. The smallest absolute Gasteiger partial charge is 0.209 e. The monoisotopic (exact) mass is 431 g/mol. The molecule has 0 bridgehead atoms. The Bertz CT molecular complexity index is 1070. The van der Waals surface area contributed by atoms with E-state index >= 15 is 0 Å². The minimum atomic E-state index is -1.08. The number of carboxylic acids is 1. The van der Waals surface area contributed by atoms with Crippen LogP contribution in [0, 0.1) is 18.3 Å². The lowest BCUT2D eigenvalue weighted by Crippen LogP contribution is -2.26. The van der Waals surface area contributed by atoms with Crippen molar-refractivity contribution in [2.75, 3.05) is 25.0 Å². The highest BCUT2D eigenvalue weighted by Crippen LogP contribution is 2.39. The Morgan fingerprint density at radius 3 is 2.47 bits per heavy atom. The first-order valence-corrected chi connectivity index (χ1v) is 10.9. The molecular weight excluding hydrogens is 398 g/mol. The van der Waals surface area contributed by atoms with E-state index in [-0.39, 0.29) is 5.41 Å². The van der Waals surface area contributed by atoms with Crippen molar-refractivity contribution >= 4 is 29.1 Å².